The van der Waals surface area contributed by atoms with Crippen LogP contribution in [0.2, 0.25) is 0 Å². The molecule has 1 aromatic heterocycles. The Kier molecular flexibility index (Phi) is 4.11. The smallest absolute Gasteiger partial charge is 0.244 e. The second-order valence-electron chi connectivity index (χ2n) is 4.49. The average molecular weight is 308 g/mol. The highest BCUT2D eigenvalue weighted by Crippen LogP contribution is 2.23. The number of sulfonamides is 1. The number of furan rings is 1. The van der Waals surface area contributed by atoms with Gasteiger partial charge in [-0.05, 0) is 25.1 Å². The summed E-state index contributed by atoms with van der Waals surface area (Å²) in [4.78, 5) is -0.339. The van der Waals surface area contributed by atoms with E-state index in [1.54, 1.807) is 19.1 Å². The minimum absolute atomic E-state index is 0.0754. The van der Waals surface area contributed by atoms with Gasteiger partial charge in [-0.2, -0.15) is 9.57 Å². The van der Waals surface area contributed by atoms with E-state index in [0.717, 1.165) is 10.4 Å². The summed E-state index contributed by atoms with van der Waals surface area (Å²) in [7, 11) is -2.60. The van der Waals surface area contributed by atoms with E-state index in [1.165, 1.54) is 25.4 Å². The fourth-order valence-corrected chi connectivity index (χ4v) is 3.19. The quantitative estimate of drug-likeness (QED) is 0.869. The molecule has 1 aromatic carbocycles. The van der Waals surface area contributed by atoms with Gasteiger partial charge in [0, 0.05) is 19.2 Å². The van der Waals surface area contributed by atoms with Crippen LogP contribution in [0.5, 0.6) is 0 Å². The third kappa shape index (κ3) is 2.82. The van der Waals surface area contributed by atoms with Crippen LogP contribution in [0.25, 0.3) is 0 Å². The number of halogens is 1. The molecule has 0 bridgehead atoms. The highest BCUT2D eigenvalue weighted by Gasteiger charge is 2.26. The molecular formula is C14H13FN2O3S. The van der Waals surface area contributed by atoms with Gasteiger partial charge in [0.15, 0.2) is 0 Å². The lowest BCUT2D eigenvalue weighted by atomic mass is 10.2. The number of nitriles is 1. The van der Waals surface area contributed by atoms with Gasteiger partial charge < -0.3 is 4.42 Å². The molecule has 0 saturated carbocycles. The average Bonchev–Trinajstić information content (AvgIpc) is 2.84. The summed E-state index contributed by atoms with van der Waals surface area (Å²) in [5.41, 5.74) is 0.226. The van der Waals surface area contributed by atoms with Crippen LogP contribution in [0.3, 0.4) is 0 Å². The number of rotatable bonds is 4. The summed E-state index contributed by atoms with van der Waals surface area (Å²) in [6, 6.07) is 6.80. The van der Waals surface area contributed by atoms with E-state index in [2.05, 4.69) is 0 Å². The van der Waals surface area contributed by atoms with Crippen molar-refractivity contribution in [3.8, 4) is 6.07 Å². The zero-order chi connectivity index (χ0) is 15.6. The molecule has 1 heterocycles. The molecule has 0 radical (unpaired) electrons. The molecule has 0 aliphatic rings. The zero-order valence-corrected chi connectivity index (χ0v) is 12.3. The summed E-state index contributed by atoms with van der Waals surface area (Å²) < 4.78 is 44.7. The van der Waals surface area contributed by atoms with Crippen molar-refractivity contribution in [1.29, 1.82) is 5.26 Å². The minimum atomic E-state index is -3.97. The maximum Gasteiger partial charge on any atom is 0.244 e. The Labute approximate surface area is 122 Å². The molecule has 110 valence electrons. The molecule has 2 aromatic rings. The van der Waals surface area contributed by atoms with E-state index >= 15 is 0 Å². The fraction of sp³-hybridized carbons (Fsp3) is 0.214. The summed E-state index contributed by atoms with van der Waals surface area (Å²) in [5.74, 6) is -0.247. The van der Waals surface area contributed by atoms with Gasteiger partial charge in [0.25, 0.3) is 0 Å². The van der Waals surface area contributed by atoms with E-state index < -0.39 is 21.4 Å². The van der Waals surface area contributed by atoms with Crippen LogP contribution < -0.4 is 0 Å². The molecule has 21 heavy (non-hydrogen) atoms. The monoisotopic (exact) mass is 308 g/mol. The second kappa shape index (κ2) is 5.68. The number of benzene rings is 1. The van der Waals surface area contributed by atoms with Crippen LogP contribution in [0.15, 0.2) is 39.8 Å². The zero-order valence-electron chi connectivity index (χ0n) is 11.5. The van der Waals surface area contributed by atoms with Gasteiger partial charge in [0.05, 0.1) is 6.26 Å². The summed E-state index contributed by atoms with van der Waals surface area (Å²) in [5, 5.41) is 8.96. The van der Waals surface area contributed by atoms with Crippen molar-refractivity contribution in [3.63, 3.8) is 0 Å². The third-order valence-corrected chi connectivity index (χ3v) is 4.98. The van der Waals surface area contributed by atoms with Gasteiger partial charge in [-0.15, -0.1) is 0 Å². The third-order valence-electron chi connectivity index (χ3n) is 3.13. The SMILES string of the molecule is Cc1occc1CN(C)S(=O)(=O)c1cccc(F)c1C#N. The first-order valence-corrected chi connectivity index (χ1v) is 7.50. The van der Waals surface area contributed by atoms with Gasteiger partial charge in [0.2, 0.25) is 10.0 Å². The summed E-state index contributed by atoms with van der Waals surface area (Å²) in [6.45, 7) is 1.80. The Morgan fingerprint density at radius 1 is 1.38 bits per heavy atom. The number of hydrogen-bond acceptors (Lipinski definition) is 4. The molecule has 7 heteroatoms. The first kappa shape index (κ1) is 15.2. The maximum atomic E-state index is 13.6. The Bertz CT molecular complexity index is 806. The largest absolute Gasteiger partial charge is 0.469 e. The molecule has 0 atom stereocenters. The van der Waals surface area contributed by atoms with Crippen LogP contribution >= 0.6 is 0 Å². The number of aryl methyl sites for hydroxylation is 1. The van der Waals surface area contributed by atoms with E-state index in [0.29, 0.717) is 11.3 Å². The molecule has 0 fully saturated rings. The molecule has 0 aliphatic carbocycles. The topological polar surface area (TPSA) is 74.3 Å². The van der Waals surface area contributed by atoms with Crippen molar-refractivity contribution in [2.24, 2.45) is 0 Å². The Morgan fingerprint density at radius 3 is 2.67 bits per heavy atom. The molecule has 0 amide bonds. The van der Waals surface area contributed by atoms with Gasteiger partial charge >= 0.3 is 0 Å². The molecular weight excluding hydrogens is 295 g/mol. The minimum Gasteiger partial charge on any atom is -0.469 e. The molecule has 0 aliphatic heterocycles. The predicted molar refractivity (Wildman–Crippen MR) is 73.2 cm³/mol. The van der Waals surface area contributed by atoms with Gasteiger partial charge in [0.1, 0.15) is 28.1 Å². The van der Waals surface area contributed by atoms with Gasteiger partial charge in [-0.25, -0.2) is 12.8 Å². The lowest BCUT2D eigenvalue weighted by molar-refractivity contribution is 0.458. The molecule has 0 spiro atoms. The number of hydrogen-bond donors (Lipinski definition) is 0. The van der Waals surface area contributed by atoms with Crippen LogP contribution in [-0.4, -0.2) is 19.8 Å². The van der Waals surface area contributed by atoms with Crippen molar-refractivity contribution >= 4 is 10.0 Å². The maximum absolute atomic E-state index is 13.6. The van der Waals surface area contributed by atoms with Crippen molar-refractivity contribution < 1.29 is 17.2 Å². The Hall–Kier alpha value is -2.17. The van der Waals surface area contributed by atoms with Crippen molar-refractivity contribution in [2.45, 2.75) is 18.4 Å². The predicted octanol–water partition coefficient (Wildman–Crippen LogP) is 2.42. The van der Waals surface area contributed by atoms with Crippen LogP contribution in [0, 0.1) is 24.1 Å². The van der Waals surface area contributed by atoms with Crippen LogP contribution in [0.4, 0.5) is 4.39 Å². The molecule has 0 unspecified atom stereocenters. The highest BCUT2D eigenvalue weighted by molar-refractivity contribution is 7.89. The van der Waals surface area contributed by atoms with Crippen molar-refractivity contribution in [2.75, 3.05) is 7.05 Å². The Balaban J connectivity index is 2.41. The number of nitrogens with zero attached hydrogens (tertiary/aromatic N) is 2. The first-order valence-electron chi connectivity index (χ1n) is 6.06. The summed E-state index contributed by atoms with van der Waals surface area (Å²) in [6.07, 6.45) is 1.47. The van der Waals surface area contributed by atoms with Crippen LogP contribution in [0.1, 0.15) is 16.9 Å². The van der Waals surface area contributed by atoms with Crippen LogP contribution in [-0.2, 0) is 16.6 Å². The van der Waals surface area contributed by atoms with Crippen molar-refractivity contribution in [3.05, 3.63) is 53.2 Å². The molecule has 2 rings (SSSR count). The first-order chi connectivity index (χ1) is 9.87. The lowest BCUT2D eigenvalue weighted by Gasteiger charge is -2.17. The Morgan fingerprint density at radius 2 is 2.10 bits per heavy atom. The lowest BCUT2D eigenvalue weighted by Crippen LogP contribution is -2.27. The van der Waals surface area contributed by atoms with Gasteiger partial charge in [-0.3, -0.25) is 0 Å². The van der Waals surface area contributed by atoms with E-state index in [4.69, 9.17) is 9.68 Å². The highest BCUT2D eigenvalue weighted by atomic mass is 32.2. The molecule has 0 N–H and O–H groups in total. The molecule has 5 nitrogen and oxygen atoms in total. The van der Waals surface area contributed by atoms with E-state index in [-0.39, 0.29) is 11.4 Å². The standard InChI is InChI=1S/C14H13FN2O3S/c1-10-11(6-7-20-10)9-17(2)21(18,19)14-5-3-4-13(15)12(14)8-16/h3-7H,9H2,1-2H3. The normalized spacial score (nSPS) is 11.6. The summed E-state index contributed by atoms with van der Waals surface area (Å²) >= 11 is 0. The molecule has 0 saturated heterocycles. The van der Waals surface area contributed by atoms with Crippen molar-refractivity contribution in [1.82, 2.24) is 4.31 Å². The van der Waals surface area contributed by atoms with E-state index in [9.17, 15) is 12.8 Å². The van der Waals surface area contributed by atoms with Gasteiger partial charge in [-0.1, -0.05) is 6.07 Å². The second-order valence-corrected chi connectivity index (χ2v) is 6.50. The fourth-order valence-electron chi connectivity index (χ4n) is 1.90. The van der Waals surface area contributed by atoms with E-state index in [1.807, 2.05) is 0 Å².